The van der Waals surface area contributed by atoms with E-state index in [9.17, 15) is 0 Å². The van der Waals surface area contributed by atoms with Crippen LogP contribution in [0.4, 0.5) is 10.8 Å². The summed E-state index contributed by atoms with van der Waals surface area (Å²) >= 11 is 1.80. The Balaban J connectivity index is 0.00000124. The van der Waals surface area contributed by atoms with Gasteiger partial charge in [0.15, 0.2) is 11.5 Å². The number of nitrogens with one attached hydrogen (secondary N) is 2. The van der Waals surface area contributed by atoms with E-state index in [2.05, 4.69) is 48.7 Å². The molecule has 1 atom stereocenters. The summed E-state index contributed by atoms with van der Waals surface area (Å²) in [5.74, 6) is 0.789. The lowest BCUT2D eigenvalue weighted by atomic mass is 10.1. The van der Waals surface area contributed by atoms with E-state index in [-0.39, 0.29) is 0 Å². The molecule has 3 aromatic heterocycles. The SMILES string of the molecule is CC.CCPN/C=C/c1cnc2c(Nc3ccc(CN4CCCCC4)s3)nccn12. The quantitative estimate of drug-likeness (QED) is 0.344. The molecule has 8 heteroatoms. The molecule has 4 heterocycles. The van der Waals surface area contributed by atoms with Gasteiger partial charge >= 0.3 is 0 Å². The van der Waals surface area contributed by atoms with E-state index in [1.807, 2.05) is 44.7 Å². The van der Waals surface area contributed by atoms with Gasteiger partial charge in [-0.2, -0.15) is 0 Å². The minimum atomic E-state index is 0.742. The Morgan fingerprint density at radius 3 is 2.80 bits per heavy atom. The summed E-state index contributed by atoms with van der Waals surface area (Å²) < 4.78 is 2.06. The summed E-state index contributed by atoms with van der Waals surface area (Å²) in [6.07, 6.45) is 14.9. The summed E-state index contributed by atoms with van der Waals surface area (Å²) in [5, 5.41) is 7.87. The van der Waals surface area contributed by atoms with Gasteiger partial charge in [-0.1, -0.05) is 27.2 Å². The Morgan fingerprint density at radius 2 is 2.00 bits per heavy atom. The number of aromatic nitrogens is 3. The van der Waals surface area contributed by atoms with E-state index in [0.29, 0.717) is 0 Å². The van der Waals surface area contributed by atoms with Crippen molar-refractivity contribution in [3.05, 3.63) is 47.5 Å². The summed E-state index contributed by atoms with van der Waals surface area (Å²) in [7, 11) is 0.742. The monoisotopic (exact) mass is 444 g/mol. The number of rotatable bonds is 8. The van der Waals surface area contributed by atoms with Gasteiger partial charge in [-0.25, -0.2) is 9.97 Å². The maximum absolute atomic E-state index is 4.57. The number of nitrogens with zero attached hydrogens (tertiary/aromatic N) is 4. The highest BCUT2D eigenvalue weighted by Gasteiger charge is 2.13. The van der Waals surface area contributed by atoms with Crippen LogP contribution < -0.4 is 10.4 Å². The first-order valence-electron chi connectivity index (χ1n) is 10.9. The maximum Gasteiger partial charge on any atom is 0.180 e. The molecule has 0 bridgehead atoms. The largest absolute Gasteiger partial charge is 0.373 e. The molecule has 1 aliphatic heterocycles. The standard InChI is InChI=1S/C20H27N6PS.C2H6/c1-2-27-23-9-8-16-14-22-20-19(21-10-13-26(16)20)24-18-7-6-17(28-18)15-25-11-4-3-5-12-25;1-2/h6-10,13-14,23,27H,2-5,11-12,15H2,1H3,(H,21,24);1-2H3/b9-8+;. The van der Waals surface area contributed by atoms with Crippen molar-refractivity contribution >= 4 is 42.6 Å². The number of hydrogen-bond acceptors (Lipinski definition) is 6. The van der Waals surface area contributed by atoms with Crippen LogP contribution in [0, 0.1) is 0 Å². The van der Waals surface area contributed by atoms with Gasteiger partial charge in [0.1, 0.15) is 0 Å². The Morgan fingerprint density at radius 1 is 1.17 bits per heavy atom. The highest BCUT2D eigenvalue weighted by molar-refractivity contribution is 7.35. The predicted octanol–water partition coefficient (Wildman–Crippen LogP) is 5.72. The fourth-order valence-corrected chi connectivity index (χ4v) is 4.78. The Bertz CT molecular complexity index is 929. The van der Waals surface area contributed by atoms with Gasteiger partial charge in [0.25, 0.3) is 0 Å². The van der Waals surface area contributed by atoms with Gasteiger partial charge in [0.2, 0.25) is 0 Å². The van der Waals surface area contributed by atoms with Crippen LogP contribution in [0.2, 0.25) is 0 Å². The third-order valence-electron chi connectivity index (χ3n) is 4.80. The van der Waals surface area contributed by atoms with Crippen LogP contribution in [0.5, 0.6) is 0 Å². The van der Waals surface area contributed by atoms with Gasteiger partial charge in [0, 0.05) is 30.0 Å². The Hall–Kier alpha value is -1.95. The van der Waals surface area contributed by atoms with Crippen LogP contribution in [-0.4, -0.2) is 38.5 Å². The Labute approximate surface area is 185 Å². The summed E-state index contributed by atoms with van der Waals surface area (Å²) in [6.45, 7) is 9.66. The van der Waals surface area contributed by atoms with Gasteiger partial charge in [0.05, 0.1) is 16.9 Å². The Kier molecular flexibility index (Phi) is 9.12. The average Bonchev–Trinajstić information content (AvgIpc) is 3.41. The summed E-state index contributed by atoms with van der Waals surface area (Å²) in [4.78, 5) is 13.0. The number of hydrogen-bond donors (Lipinski definition) is 2. The first-order chi connectivity index (χ1) is 14.8. The molecule has 1 saturated heterocycles. The predicted molar refractivity (Wildman–Crippen MR) is 132 cm³/mol. The van der Waals surface area contributed by atoms with Crippen molar-refractivity contribution in [2.45, 2.75) is 46.6 Å². The van der Waals surface area contributed by atoms with E-state index in [1.54, 1.807) is 11.3 Å². The van der Waals surface area contributed by atoms with E-state index >= 15 is 0 Å². The lowest BCUT2D eigenvalue weighted by Crippen LogP contribution is -2.28. The highest BCUT2D eigenvalue weighted by Crippen LogP contribution is 2.28. The van der Waals surface area contributed by atoms with E-state index in [1.165, 1.54) is 37.2 Å². The molecule has 30 heavy (non-hydrogen) atoms. The molecule has 1 unspecified atom stereocenters. The molecule has 0 radical (unpaired) electrons. The highest BCUT2D eigenvalue weighted by atomic mass is 32.1. The van der Waals surface area contributed by atoms with Gasteiger partial charge < -0.3 is 10.4 Å². The maximum atomic E-state index is 4.57. The normalized spacial score (nSPS) is 15.0. The number of piperidine rings is 1. The lowest BCUT2D eigenvalue weighted by Gasteiger charge is -2.25. The third-order valence-corrected chi connectivity index (χ3v) is 6.51. The van der Waals surface area contributed by atoms with Crippen molar-refractivity contribution in [2.75, 3.05) is 24.6 Å². The molecule has 0 amide bonds. The fourth-order valence-electron chi connectivity index (χ4n) is 3.42. The van der Waals surface area contributed by atoms with Crippen molar-refractivity contribution in [1.29, 1.82) is 0 Å². The molecule has 3 aromatic rings. The minimum Gasteiger partial charge on any atom is -0.373 e. The molecular formula is C22H33N6PS. The summed E-state index contributed by atoms with van der Waals surface area (Å²) in [6, 6.07) is 4.37. The number of thiophene rings is 1. The number of imidazole rings is 1. The number of likely N-dealkylation sites (tertiary alicyclic amines) is 1. The van der Waals surface area contributed by atoms with Crippen LogP contribution in [0.25, 0.3) is 11.7 Å². The second-order valence-corrected chi connectivity index (χ2v) is 9.41. The van der Waals surface area contributed by atoms with Gasteiger partial charge in [-0.15, -0.1) is 11.3 Å². The van der Waals surface area contributed by atoms with Crippen molar-refractivity contribution in [3.63, 3.8) is 0 Å². The van der Waals surface area contributed by atoms with Crippen molar-refractivity contribution in [2.24, 2.45) is 0 Å². The molecule has 0 aromatic carbocycles. The van der Waals surface area contributed by atoms with Crippen LogP contribution in [0.15, 0.2) is 36.9 Å². The number of anilines is 2. The first-order valence-corrected chi connectivity index (χ1v) is 12.9. The minimum absolute atomic E-state index is 0.742. The van der Waals surface area contributed by atoms with Crippen molar-refractivity contribution in [1.82, 2.24) is 24.4 Å². The molecule has 162 valence electrons. The third kappa shape index (κ3) is 6.03. The molecule has 0 spiro atoms. The van der Waals surface area contributed by atoms with Crippen LogP contribution >= 0.6 is 20.1 Å². The zero-order valence-electron chi connectivity index (χ0n) is 18.2. The van der Waals surface area contributed by atoms with Crippen LogP contribution in [0.1, 0.15) is 50.6 Å². The molecule has 0 aliphatic carbocycles. The lowest BCUT2D eigenvalue weighted by molar-refractivity contribution is 0.222. The first kappa shape index (κ1) is 22.7. The smallest absolute Gasteiger partial charge is 0.180 e. The zero-order valence-corrected chi connectivity index (χ0v) is 20.0. The van der Waals surface area contributed by atoms with E-state index < -0.39 is 0 Å². The molecule has 6 nitrogen and oxygen atoms in total. The van der Waals surface area contributed by atoms with Crippen LogP contribution in [0.3, 0.4) is 0 Å². The molecule has 2 N–H and O–H groups in total. The zero-order chi connectivity index (χ0) is 21.2. The second-order valence-electron chi connectivity index (χ2n) is 6.89. The molecule has 1 aliphatic rings. The average molecular weight is 445 g/mol. The summed E-state index contributed by atoms with van der Waals surface area (Å²) in [5.41, 5.74) is 1.87. The molecule has 1 fully saturated rings. The second kappa shape index (κ2) is 12.0. The van der Waals surface area contributed by atoms with Gasteiger partial charge in [-0.3, -0.25) is 9.30 Å². The molecular weight excluding hydrogens is 411 g/mol. The van der Waals surface area contributed by atoms with Crippen molar-refractivity contribution in [3.8, 4) is 0 Å². The molecule has 0 saturated carbocycles. The van der Waals surface area contributed by atoms with Crippen LogP contribution in [-0.2, 0) is 6.54 Å². The molecule has 4 rings (SSSR count). The van der Waals surface area contributed by atoms with Crippen molar-refractivity contribution < 1.29 is 0 Å². The van der Waals surface area contributed by atoms with E-state index in [0.717, 1.165) is 43.6 Å². The number of fused-ring (bicyclic) bond motifs is 1. The van der Waals surface area contributed by atoms with E-state index in [4.69, 9.17) is 0 Å². The topological polar surface area (TPSA) is 57.5 Å². The van der Waals surface area contributed by atoms with Gasteiger partial charge in [-0.05, 0) is 59.0 Å². The fraction of sp³-hybridized carbons (Fsp3) is 0.455.